The molecule has 354 valence electrons. The van der Waals surface area contributed by atoms with Gasteiger partial charge in [0, 0.05) is 39.2 Å². The van der Waals surface area contributed by atoms with E-state index in [1.54, 1.807) is 66.9 Å². The Kier molecular flexibility index (Phi) is 15.6. The van der Waals surface area contributed by atoms with E-state index in [4.69, 9.17) is 36.7 Å². The van der Waals surface area contributed by atoms with Gasteiger partial charge in [-0.2, -0.15) is 0 Å². The molecule has 18 heteroatoms. The van der Waals surface area contributed by atoms with Crippen molar-refractivity contribution in [1.82, 2.24) is 9.13 Å². The number of nitrogens with zero attached hydrogens (tertiary/aromatic N) is 3. The number of hydrogen-bond acceptors (Lipinski definition) is 13. The molecule has 15 nitrogen and oxygen atoms in total. The van der Waals surface area contributed by atoms with Crippen molar-refractivity contribution in [2.24, 2.45) is 10.8 Å². The number of ether oxygens (including phenoxy) is 5. The van der Waals surface area contributed by atoms with Crippen molar-refractivity contribution >= 4 is 34.7 Å². The molecule has 4 atom stereocenters. The average Bonchev–Trinajstić information content (AvgIpc) is 3.51. The van der Waals surface area contributed by atoms with Crippen molar-refractivity contribution in [3.8, 4) is 0 Å². The molecule has 3 aliphatic heterocycles. The van der Waals surface area contributed by atoms with Gasteiger partial charge in [0.25, 0.3) is 5.56 Å². The maximum atomic E-state index is 15.0. The summed E-state index contributed by atoms with van der Waals surface area (Å²) in [5.74, 6) is -2.80. The number of methoxy groups -OCH3 is 1. The van der Waals surface area contributed by atoms with Crippen LogP contribution in [0.1, 0.15) is 121 Å². The minimum absolute atomic E-state index is 0.0258. The third kappa shape index (κ3) is 10.4. The van der Waals surface area contributed by atoms with Crippen molar-refractivity contribution < 1.29 is 50.6 Å². The van der Waals surface area contributed by atoms with E-state index in [1.165, 1.54) is 12.3 Å². The number of rotatable bonds is 13. The summed E-state index contributed by atoms with van der Waals surface area (Å²) in [6, 6.07) is 6.61. The highest BCUT2D eigenvalue weighted by molar-refractivity contribution is 6.84. The Hall–Kier alpha value is -3.24. The third-order valence-corrected chi connectivity index (χ3v) is 22.8. The van der Waals surface area contributed by atoms with Crippen LogP contribution in [0.2, 0.25) is 22.2 Å². The molecule has 1 aromatic carbocycles. The molecule has 0 spiro atoms. The van der Waals surface area contributed by atoms with E-state index < -0.39 is 94.8 Å². The Morgan fingerprint density at radius 3 is 1.89 bits per heavy atom. The van der Waals surface area contributed by atoms with Gasteiger partial charge in [-0.3, -0.25) is 19.0 Å². The topological polar surface area (TPSA) is 155 Å². The maximum absolute atomic E-state index is 15.0. The molecule has 0 radical (unpaired) electrons. The number of fused-ring (bicyclic) bond motifs is 1. The van der Waals surface area contributed by atoms with E-state index in [-0.39, 0.29) is 40.2 Å². The van der Waals surface area contributed by atoms with Gasteiger partial charge in [0.15, 0.2) is 19.2 Å². The van der Waals surface area contributed by atoms with Gasteiger partial charge in [0.05, 0.1) is 28.7 Å². The number of hydrogen-bond donors (Lipinski definition) is 0. The summed E-state index contributed by atoms with van der Waals surface area (Å²) in [4.78, 5) is 56.9. The first-order valence-corrected chi connectivity index (χ1v) is 26.3. The predicted octanol–water partition coefficient (Wildman–Crippen LogP) is 7.67. The van der Waals surface area contributed by atoms with E-state index in [9.17, 15) is 19.2 Å². The number of aromatic nitrogens is 2. The Bertz CT molecular complexity index is 2040. The van der Waals surface area contributed by atoms with Crippen LogP contribution < -0.4 is 16.1 Å². The zero-order chi connectivity index (χ0) is 47.0. The van der Waals surface area contributed by atoms with Gasteiger partial charge in [-0.25, -0.2) is 13.8 Å². The predicted molar refractivity (Wildman–Crippen MR) is 240 cm³/mol. The number of carbonyl (C=O) groups is 2. The maximum Gasteiger partial charge on any atom is 0.336 e. The minimum Gasteiger partial charge on any atom is -0.443 e. The molecule has 63 heavy (non-hydrogen) atoms. The monoisotopic (exact) mass is 921 g/mol. The van der Waals surface area contributed by atoms with Crippen LogP contribution in [0.25, 0.3) is 0 Å². The Morgan fingerprint density at radius 1 is 0.841 bits per heavy atom. The summed E-state index contributed by atoms with van der Waals surface area (Å²) in [6.45, 7) is 26.5. The largest absolute Gasteiger partial charge is 0.443 e. The molecule has 0 saturated carbocycles. The van der Waals surface area contributed by atoms with Gasteiger partial charge in [-0.1, -0.05) is 67.5 Å². The van der Waals surface area contributed by atoms with Crippen LogP contribution in [0, 0.1) is 16.6 Å². The second-order valence-corrected chi connectivity index (χ2v) is 29.3. The Morgan fingerprint density at radius 2 is 1.38 bits per heavy atom. The number of para-hydroxylation sites is 1. The third-order valence-electron chi connectivity index (χ3n) is 12.5. The van der Waals surface area contributed by atoms with E-state index in [2.05, 4.69) is 55.4 Å². The first-order chi connectivity index (χ1) is 29.2. The fraction of sp³-hybridized carbons (Fsp3) is 0.733. The molecule has 0 amide bonds. The summed E-state index contributed by atoms with van der Waals surface area (Å²) in [7, 11) is -4.78. The SMILES string of the molecule is COC1(O[C@@H]2[C@@H]3O[Si](C(C)C)(C(C)C)O[Si](C(C)C)(C(C)C)OC[C@H]3O[C@H]2c2cn(COC(=O)C(C)(C)C)c(=O)n(COC(=O)C(C)(C)C)c2=O)CCN(c2ccccc2F)CC1. The summed E-state index contributed by atoms with van der Waals surface area (Å²) >= 11 is 0. The second-order valence-electron chi connectivity index (χ2n) is 20.5. The van der Waals surface area contributed by atoms with Crippen LogP contribution in [0.15, 0.2) is 40.1 Å². The highest BCUT2D eigenvalue weighted by Crippen LogP contribution is 2.50. The number of carbonyl (C=O) groups excluding carboxylic acids is 2. The molecule has 5 rings (SSSR count). The molecular formula is C45H72FN3O12Si2. The van der Waals surface area contributed by atoms with Crippen LogP contribution in [-0.4, -0.2) is 89.1 Å². The Balaban J connectivity index is 1.69. The summed E-state index contributed by atoms with van der Waals surface area (Å²) < 4.78 is 70.6. The lowest BCUT2D eigenvalue weighted by Crippen LogP contribution is -2.66. The normalized spacial score (nSPS) is 23.8. The van der Waals surface area contributed by atoms with Gasteiger partial charge in [0.2, 0.25) is 0 Å². The lowest BCUT2D eigenvalue weighted by atomic mass is 9.97. The molecule has 0 aliphatic carbocycles. The molecule has 0 bridgehead atoms. The molecule has 0 unspecified atom stereocenters. The molecule has 2 aromatic rings. The Labute approximate surface area is 374 Å². The first-order valence-electron chi connectivity index (χ1n) is 22.3. The van der Waals surface area contributed by atoms with Gasteiger partial charge < -0.3 is 41.6 Å². The smallest absolute Gasteiger partial charge is 0.336 e. The molecule has 4 heterocycles. The van der Waals surface area contributed by atoms with Crippen LogP contribution in [0.5, 0.6) is 0 Å². The molecular weight excluding hydrogens is 850 g/mol. The van der Waals surface area contributed by atoms with Crippen LogP contribution in [-0.2, 0) is 59.7 Å². The van der Waals surface area contributed by atoms with E-state index in [1.807, 2.05) is 4.90 Å². The zero-order valence-electron chi connectivity index (χ0n) is 40.1. The van der Waals surface area contributed by atoms with E-state index in [0.717, 1.165) is 9.13 Å². The van der Waals surface area contributed by atoms with Crippen molar-refractivity contribution in [2.75, 3.05) is 31.7 Å². The molecule has 0 N–H and O–H groups in total. The molecule has 3 saturated heterocycles. The number of halogens is 1. The van der Waals surface area contributed by atoms with Crippen LogP contribution in [0.3, 0.4) is 0 Å². The van der Waals surface area contributed by atoms with Gasteiger partial charge in [-0.05, 0) is 75.8 Å². The van der Waals surface area contributed by atoms with Crippen molar-refractivity contribution in [2.45, 2.75) is 176 Å². The zero-order valence-corrected chi connectivity index (χ0v) is 42.1. The van der Waals surface area contributed by atoms with Crippen molar-refractivity contribution in [3.05, 3.63) is 62.7 Å². The van der Waals surface area contributed by atoms with E-state index in [0.29, 0.717) is 31.6 Å². The van der Waals surface area contributed by atoms with Crippen molar-refractivity contribution in [3.63, 3.8) is 0 Å². The standard InChI is InChI=1S/C45H72FN3O12Si2/c1-28(2)62(29(3)4)57-25-35-37(60-63(61-62,30(5)6)31(7)8)38(59-45(54-15)20-22-47(23-21-45)34-19-17-16-18-33(34)46)36(58-35)32-24-48(26-55-40(51)43(9,10)11)42(53)49(39(32)50)27-56-41(52)44(12,13)14/h16-19,24,28-31,35-38H,20-23,25-27H2,1-15H3/t35-,36+,37-,38+/m1/s1. The minimum atomic E-state index is -3.30. The van der Waals surface area contributed by atoms with Gasteiger partial charge in [0.1, 0.15) is 30.2 Å². The second kappa shape index (κ2) is 19.3. The number of piperidine rings is 1. The lowest BCUT2D eigenvalue weighted by molar-refractivity contribution is -0.271. The van der Waals surface area contributed by atoms with Crippen LogP contribution >= 0.6 is 0 Å². The number of anilines is 1. The van der Waals surface area contributed by atoms with Crippen LogP contribution in [0.4, 0.5) is 10.1 Å². The first kappa shape index (κ1) is 50.8. The highest BCUT2D eigenvalue weighted by Gasteiger charge is 2.63. The van der Waals surface area contributed by atoms with Gasteiger partial charge in [-0.15, -0.1) is 0 Å². The number of esters is 2. The fourth-order valence-corrected chi connectivity index (χ4v) is 19.9. The van der Waals surface area contributed by atoms with E-state index >= 15 is 4.39 Å². The average molecular weight is 922 g/mol. The lowest BCUT2D eigenvalue weighted by Gasteiger charge is -2.52. The molecule has 3 aliphatic rings. The van der Waals surface area contributed by atoms with Gasteiger partial charge >= 0.3 is 34.8 Å². The summed E-state index contributed by atoms with van der Waals surface area (Å²) in [5.41, 5.74) is -3.08. The highest BCUT2D eigenvalue weighted by atomic mass is 28.5. The quantitative estimate of drug-likeness (QED) is 0.110. The molecule has 1 aromatic heterocycles. The fourth-order valence-electron chi connectivity index (χ4n) is 8.70. The van der Waals surface area contributed by atoms with Crippen molar-refractivity contribution in [1.29, 1.82) is 0 Å². The molecule has 3 fully saturated rings. The summed E-state index contributed by atoms with van der Waals surface area (Å²) in [6.07, 6.45) is -1.96. The number of benzene rings is 1. The summed E-state index contributed by atoms with van der Waals surface area (Å²) in [5, 5.41) is 0.